The Morgan fingerprint density at radius 1 is 1.17 bits per heavy atom. The first-order valence-corrected chi connectivity index (χ1v) is 13.8. The van der Waals surface area contributed by atoms with Crippen molar-refractivity contribution in [1.82, 2.24) is 19.7 Å². The van der Waals surface area contributed by atoms with E-state index in [2.05, 4.69) is 26.8 Å². The standard InChI is InChI=1S/C31H28ClN7O2/c1-3-25-24(17-33)31(23-15-28(37-30(40)9-7-12-32)29(41-4-2)16-27(23)36-25)35-21-10-11-26-20(14-21)18-39(38-26)19-22-8-5-6-13-34-22/h5-11,13-16,18H,3-4,12,19H2,1-2H3,(H,35,36)(H,37,40)/b9-7+. The first-order chi connectivity index (χ1) is 20.0. The molecule has 0 bridgehead atoms. The van der Waals surface area contributed by atoms with Gasteiger partial charge in [0.05, 0.1) is 52.5 Å². The molecule has 2 N–H and O–H groups in total. The maximum absolute atomic E-state index is 12.5. The summed E-state index contributed by atoms with van der Waals surface area (Å²) < 4.78 is 7.69. The Hall–Kier alpha value is -4.94. The maximum atomic E-state index is 12.5. The lowest BCUT2D eigenvalue weighted by atomic mass is 10.0. The summed E-state index contributed by atoms with van der Waals surface area (Å²) >= 11 is 5.69. The highest BCUT2D eigenvalue weighted by Crippen LogP contribution is 2.38. The predicted octanol–water partition coefficient (Wildman–Crippen LogP) is 6.34. The number of amides is 1. The molecule has 0 radical (unpaired) electrons. The van der Waals surface area contributed by atoms with Gasteiger partial charge in [-0.05, 0) is 49.7 Å². The van der Waals surface area contributed by atoms with Crippen LogP contribution >= 0.6 is 11.6 Å². The Bertz CT molecular complexity index is 1790. The molecule has 0 saturated carbocycles. The van der Waals surface area contributed by atoms with E-state index in [1.807, 2.05) is 61.1 Å². The van der Waals surface area contributed by atoms with Crippen molar-refractivity contribution >= 4 is 56.4 Å². The van der Waals surface area contributed by atoms with E-state index in [9.17, 15) is 10.1 Å². The van der Waals surface area contributed by atoms with Crippen molar-refractivity contribution in [2.45, 2.75) is 26.8 Å². The number of halogens is 1. The number of pyridine rings is 2. The van der Waals surface area contributed by atoms with E-state index in [1.165, 1.54) is 6.08 Å². The van der Waals surface area contributed by atoms with E-state index < -0.39 is 0 Å². The smallest absolute Gasteiger partial charge is 0.248 e. The number of fused-ring (bicyclic) bond motifs is 2. The summed E-state index contributed by atoms with van der Waals surface area (Å²) in [6, 6.07) is 17.6. The molecule has 41 heavy (non-hydrogen) atoms. The molecule has 5 rings (SSSR count). The number of aryl methyl sites for hydroxylation is 1. The molecule has 0 spiro atoms. The molecule has 0 unspecified atom stereocenters. The molecule has 0 saturated heterocycles. The minimum Gasteiger partial charge on any atom is -0.492 e. The summed E-state index contributed by atoms with van der Waals surface area (Å²) in [6.45, 7) is 4.79. The first kappa shape index (κ1) is 27.6. The second-order valence-electron chi connectivity index (χ2n) is 9.16. The van der Waals surface area contributed by atoms with Gasteiger partial charge in [0.15, 0.2) is 0 Å². The number of allylic oxidation sites excluding steroid dienone is 1. The highest BCUT2D eigenvalue weighted by Gasteiger charge is 2.18. The molecule has 0 aliphatic rings. The van der Waals surface area contributed by atoms with E-state index in [4.69, 9.17) is 21.3 Å². The second kappa shape index (κ2) is 12.5. The molecule has 0 fully saturated rings. The summed E-state index contributed by atoms with van der Waals surface area (Å²) in [5.74, 6) is 0.367. The minimum absolute atomic E-state index is 0.221. The topological polar surface area (TPSA) is 118 Å². The normalized spacial score (nSPS) is 11.2. The molecule has 1 amide bonds. The monoisotopic (exact) mass is 565 g/mol. The number of nitrogens with one attached hydrogen (secondary N) is 2. The van der Waals surface area contributed by atoms with Crippen molar-refractivity contribution in [2.24, 2.45) is 0 Å². The van der Waals surface area contributed by atoms with Crippen LogP contribution in [0.5, 0.6) is 5.75 Å². The zero-order valence-electron chi connectivity index (χ0n) is 22.7. The Labute approximate surface area is 242 Å². The number of nitrogens with zero attached hydrogens (tertiary/aromatic N) is 5. The molecular weight excluding hydrogens is 538 g/mol. The molecule has 0 aliphatic heterocycles. The third-order valence-electron chi connectivity index (χ3n) is 6.40. The van der Waals surface area contributed by atoms with E-state index in [-0.39, 0.29) is 11.8 Å². The van der Waals surface area contributed by atoms with Gasteiger partial charge in [0, 0.05) is 46.9 Å². The number of ether oxygens (including phenoxy) is 1. The van der Waals surface area contributed by atoms with Crippen molar-refractivity contribution in [3.8, 4) is 11.8 Å². The van der Waals surface area contributed by atoms with Crippen LogP contribution in [0.1, 0.15) is 30.8 Å². The average Bonchev–Trinajstić information content (AvgIpc) is 3.38. The van der Waals surface area contributed by atoms with Gasteiger partial charge in [0.2, 0.25) is 5.91 Å². The molecule has 0 atom stereocenters. The third-order valence-corrected chi connectivity index (χ3v) is 6.57. The number of carbonyl (C=O) groups excluding carboxylic acids is 1. The number of carbonyl (C=O) groups is 1. The summed E-state index contributed by atoms with van der Waals surface area (Å²) in [6.07, 6.45) is 7.23. The quantitative estimate of drug-likeness (QED) is 0.150. The number of alkyl halides is 1. The van der Waals surface area contributed by atoms with E-state index in [0.29, 0.717) is 58.9 Å². The lowest BCUT2D eigenvalue weighted by Gasteiger charge is -2.17. The molecule has 9 nitrogen and oxygen atoms in total. The fourth-order valence-corrected chi connectivity index (χ4v) is 4.67. The van der Waals surface area contributed by atoms with Crippen LogP contribution in [0.15, 0.2) is 73.1 Å². The second-order valence-corrected chi connectivity index (χ2v) is 9.47. The Balaban J connectivity index is 1.57. The lowest BCUT2D eigenvalue weighted by molar-refractivity contribution is -0.111. The van der Waals surface area contributed by atoms with Crippen LogP contribution in [0, 0.1) is 11.3 Å². The average molecular weight is 566 g/mol. The van der Waals surface area contributed by atoms with Crippen LogP contribution in [0.2, 0.25) is 0 Å². The summed E-state index contributed by atoms with van der Waals surface area (Å²) in [5, 5.41) is 22.8. The number of hydrogen-bond acceptors (Lipinski definition) is 7. The third kappa shape index (κ3) is 6.13. The summed E-state index contributed by atoms with van der Waals surface area (Å²) in [5.41, 5.74) is 5.36. The van der Waals surface area contributed by atoms with Crippen molar-refractivity contribution in [1.29, 1.82) is 5.26 Å². The fourth-order valence-electron chi connectivity index (χ4n) is 4.58. The van der Waals surface area contributed by atoms with Gasteiger partial charge < -0.3 is 15.4 Å². The molecule has 206 valence electrons. The Kier molecular flexibility index (Phi) is 8.42. The highest BCUT2D eigenvalue weighted by molar-refractivity contribution is 6.19. The zero-order chi connectivity index (χ0) is 28.8. The molecule has 10 heteroatoms. The van der Waals surface area contributed by atoms with Gasteiger partial charge in [0.25, 0.3) is 0 Å². The SMILES string of the molecule is CCOc1cc2nc(CC)c(C#N)c(Nc3ccc4nn(Cc5ccccn5)cc4c3)c2cc1NC(=O)/C=C/CCl. The number of rotatable bonds is 10. The van der Waals surface area contributed by atoms with Gasteiger partial charge in [0.1, 0.15) is 11.8 Å². The molecule has 2 aromatic carbocycles. The fraction of sp³-hybridized carbons (Fsp3) is 0.194. The van der Waals surface area contributed by atoms with Crippen LogP contribution in [0.4, 0.5) is 17.1 Å². The molecular formula is C31H28ClN7O2. The van der Waals surface area contributed by atoms with Crippen LogP contribution < -0.4 is 15.4 Å². The van der Waals surface area contributed by atoms with E-state index in [0.717, 1.165) is 22.3 Å². The minimum atomic E-state index is -0.340. The number of anilines is 3. The summed E-state index contributed by atoms with van der Waals surface area (Å²) in [7, 11) is 0. The maximum Gasteiger partial charge on any atom is 0.248 e. The van der Waals surface area contributed by atoms with Gasteiger partial charge in [-0.15, -0.1) is 11.6 Å². The lowest BCUT2D eigenvalue weighted by Crippen LogP contribution is -2.10. The van der Waals surface area contributed by atoms with Crippen LogP contribution in [-0.2, 0) is 17.8 Å². The number of nitriles is 1. The van der Waals surface area contributed by atoms with E-state index >= 15 is 0 Å². The molecule has 5 aromatic rings. The predicted molar refractivity (Wildman–Crippen MR) is 162 cm³/mol. The molecule has 3 aromatic heterocycles. The molecule has 3 heterocycles. The largest absolute Gasteiger partial charge is 0.492 e. The van der Waals surface area contributed by atoms with Crippen molar-refractivity contribution in [2.75, 3.05) is 23.1 Å². The highest BCUT2D eigenvalue weighted by atomic mass is 35.5. The van der Waals surface area contributed by atoms with Gasteiger partial charge in [-0.25, -0.2) is 0 Å². The Morgan fingerprint density at radius 2 is 2.05 bits per heavy atom. The zero-order valence-corrected chi connectivity index (χ0v) is 23.4. The number of benzene rings is 2. The van der Waals surface area contributed by atoms with Crippen LogP contribution in [-0.4, -0.2) is 38.1 Å². The van der Waals surface area contributed by atoms with Gasteiger partial charge in [-0.3, -0.25) is 19.4 Å². The van der Waals surface area contributed by atoms with E-state index in [1.54, 1.807) is 24.4 Å². The van der Waals surface area contributed by atoms with Crippen molar-refractivity contribution in [3.63, 3.8) is 0 Å². The van der Waals surface area contributed by atoms with Crippen LogP contribution in [0.3, 0.4) is 0 Å². The summed E-state index contributed by atoms with van der Waals surface area (Å²) in [4.78, 5) is 21.6. The van der Waals surface area contributed by atoms with Gasteiger partial charge in [-0.2, -0.15) is 10.4 Å². The van der Waals surface area contributed by atoms with Crippen LogP contribution in [0.25, 0.3) is 21.8 Å². The van der Waals surface area contributed by atoms with Crippen molar-refractivity contribution < 1.29 is 9.53 Å². The number of aromatic nitrogens is 4. The van der Waals surface area contributed by atoms with Crippen molar-refractivity contribution in [3.05, 3.63) is 90.0 Å². The van der Waals surface area contributed by atoms with Gasteiger partial charge >= 0.3 is 0 Å². The Morgan fingerprint density at radius 3 is 2.78 bits per heavy atom. The number of hydrogen-bond donors (Lipinski definition) is 2. The molecule has 0 aliphatic carbocycles. The first-order valence-electron chi connectivity index (χ1n) is 13.2. The van der Waals surface area contributed by atoms with Gasteiger partial charge in [-0.1, -0.05) is 19.1 Å².